The molecule has 0 fully saturated rings. The van der Waals surface area contributed by atoms with E-state index >= 15 is 0 Å². The molecule has 0 aliphatic carbocycles. The van der Waals surface area contributed by atoms with E-state index in [2.05, 4.69) is 43.2 Å². The Kier molecular flexibility index (Phi) is 6.39. The number of halogens is 1. The molecule has 0 atom stereocenters. The average Bonchev–Trinajstić information content (AvgIpc) is 2.25. The highest BCUT2D eigenvalue weighted by Gasteiger charge is 2.00. The summed E-state index contributed by atoms with van der Waals surface area (Å²) in [6.45, 7) is 5.37. The molecule has 1 rings (SSSR count). The van der Waals surface area contributed by atoms with E-state index in [4.69, 9.17) is 4.74 Å². The van der Waals surface area contributed by atoms with Crippen LogP contribution < -0.4 is 5.32 Å². The third-order valence-electron chi connectivity index (χ3n) is 2.28. The monoisotopic (exact) mass is 302 g/mol. The molecule has 0 bridgehead atoms. The Hall–Kier alpha value is -0.720. The second-order valence-corrected chi connectivity index (χ2v) is 4.66. The Morgan fingerprint density at radius 3 is 2.82 bits per heavy atom. The average molecular weight is 303 g/mol. The molecule has 1 aromatic rings. The molecule has 0 aliphatic rings. The number of likely N-dealkylation sites (N-methyl/N-ethyl adjacent to an activating group) is 1. The summed E-state index contributed by atoms with van der Waals surface area (Å²) in [6, 6.07) is 1.88. The fourth-order valence-electron chi connectivity index (χ4n) is 1.36. The van der Waals surface area contributed by atoms with Gasteiger partial charge in [0.2, 0.25) is 0 Å². The molecular formula is C11H19BrN4O. The van der Waals surface area contributed by atoms with Gasteiger partial charge in [-0.1, -0.05) is 0 Å². The Balaban J connectivity index is 2.30. The Bertz CT molecular complexity index is 328. The van der Waals surface area contributed by atoms with E-state index in [0.717, 1.165) is 42.5 Å². The van der Waals surface area contributed by atoms with Crippen LogP contribution in [0.1, 0.15) is 5.82 Å². The van der Waals surface area contributed by atoms with E-state index in [1.54, 1.807) is 7.11 Å². The molecule has 0 aromatic carbocycles. The van der Waals surface area contributed by atoms with Gasteiger partial charge in [-0.25, -0.2) is 9.97 Å². The zero-order valence-electron chi connectivity index (χ0n) is 10.5. The molecule has 0 unspecified atom stereocenters. The van der Waals surface area contributed by atoms with Crippen LogP contribution in [-0.2, 0) is 4.74 Å². The number of aryl methyl sites for hydroxylation is 1. The lowest BCUT2D eigenvalue weighted by molar-refractivity contribution is 0.163. The summed E-state index contributed by atoms with van der Waals surface area (Å²) in [4.78, 5) is 10.7. The molecular weight excluding hydrogens is 284 g/mol. The zero-order chi connectivity index (χ0) is 12.7. The SMILES string of the molecule is COCCN(C)CCNc1cc(Br)nc(C)n1. The minimum absolute atomic E-state index is 0.759. The van der Waals surface area contributed by atoms with Gasteiger partial charge in [-0.05, 0) is 29.9 Å². The number of hydrogen-bond donors (Lipinski definition) is 1. The van der Waals surface area contributed by atoms with E-state index in [0.29, 0.717) is 0 Å². The molecule has 0 saturated heterocycles. The van der Waals surface area contributed by atoms with E-state index in [1.807, 2.05) is 13.0 Å². The van der Waals surface area contributed by atoms with Crippen LogP contribution in [0.25, 0.3) is 0 Å². The number of hydrogen-bond acceptors (Lipinski definition) is 5. The van der Waals surface area contributed by atoms with Gasteiger partial charge in [0.1, 0.15) is 16.2 Å². The fraction of sp³-hybridized carbons (Fsp3) is 0.636. The second-order valence-electron chi connectivity index (χ2n) is 3.85. The number of nitrogens with zero attached hydrogens (tertiary/aromatic N) is 3. The number of aromatic nitrogens is 2. The standard InChI is InChI=1S/C11H19BrN4O/c1-9-14-10(12)8-11(15-9)13-4-5-16(2)6-7-17-3/h8H,4-7H2,1-3H3,(H,13,14,15). The van der Waals surface area contributed by atoms with Crippen LogP contribution in [-0.4, -0.2) is 55.3 Å². The van der Waals surface area contributed by atoms with E-state index in [9.17, 15) is 0 Å². The van der Waals surface area contributed by atoms with Crippen LogP contribution in [0.3, 0.4) is 0 Å². The van der Waals surface area contributed by atoms with Gasteiger partial charge < -0.3 is 15.0 Å². The lowest BCUT2D eigenvalue weighted by atomic mass is 10.5. The molecule has 1 N–H and O–H groups in total. The Labute approximate surface area is 111 Å². The highest BCUT2D eigenvalue weighted by atomic mass is 79.9. The number of nitrogens with one attached hydrogen (secondary N) is 1. The third kappa shape index (κ3) is 5.95. The minimum atomic E-state index is 0.759. The summed E-state index contributed by atoms with van der Waals surface area (Å²) in [5, 5.41) is 3.27. The van der Waals surface area contributed by atoms with Crippen molar-refractivity contribution in [2.24, 2.45) is 0 Å². The number of rotatable bonds is 7. The molecule has 1 aromatic heterocycles. The maximum Gasteiger partial charge on any atom is 0.130 e. The summed E-state index contributed by atoms with van der Waals surface area (Å²) in [5.74, 6) is 1.61. The Morgan fingerprint density at radius 1 is 1.41 bits per heavy atom. The van der Waals surface area contributed by atoms with Gasteiger partial charge in [-0.15, -0.1) is 0 Å². The lowest BCUT2D eigenvalue weighted by Crippen LogP contribution is -2.28. The second kappa shape index (κ2) is 7.58. The van der Waals surface area contributed by atoms with Crippen LogP contribution in [0.5, 0.6) is 0 Å². The molecule has 0 spiro atoms. The summed E-state index contributed by atoms with van der Waals surface area (Å²) < 4.78 is 5.83. The van der Waals surface area contributed by atoms with Crippen molar-refractivity contribution in [3.63, 3.8) is 0 Å². The van der Waals surface area contributed by atoms with Gasteiger partial charge in [0.05, 0.1) is 6.61 Å². The zero-order valence-corrected chi connectivity index (χ0v) is 12.1. The summed E-state index contributed by atoms with van der Waals surface area (Å²) >= 11 is 3.35. The lowest BCUT2D eigenvalue weighted by Gasteiger charge is -2.16. The number of methoxy groups -OCH3 is 1. The molecule has 6 heteroatoms. The van der Waals surface area contributed by atoms with Crippen LogP contribution in [0.2, 0.25) is 0 Å². The van der Waals surface area contributed by atoms with Crippen molar-refractivity contribution >= 4 is 21.7 Å². The first-order valence-electron chi connectivity index (χ1n) is 5.54. The first kappa shape index (κ1) is 14.3. The molecule has 17 heavy (non-hydrogen) atoms. The van der Waals surface area contributed by atoms with Crippen LogP contribution >= 0.6 is 15.9 Å². The smallest absolute Gasteiger partial charge is 0.130 e. The quantitative estimate of drug-likeness (QED) is 0.774. The highest BCUT2D eigenvalue weighted by Crippen LogP contribution is 2.11. The Morgan fingerprint density at radius 2 is 2.18 bits per heavy atom. The topological polar surface area (TPSA) is 50.3 Å². The van der Waals surface area contributed by atoms with Gasteiger partial charge >= 0.3 is 0 Å². The molecule has 0 amide bonds. The molecule has 0 saturated carbocycles. The van der Waals surface area contributed by atoms with Gasteiger partial charge in [-0.3, -0.25) is 0 Å². The van der Waals surface area contributed by atoms with Crippen LogP contribution in [0.15, 0.2) is 10.7 Å². The normalized spacial score (nSPS) is 10.9. The summed E-state index contributed by atoms with van der Waals surface area (Å²) in [5.41, 5.74) is 0. The van der Waals surface area contributed by atoms with Crippen molar-refractivity contribution in [1.29, 1.82) is 0 Å². The van der Waals surface area contributed by atoms with Crippen molar-refractivity contribution in [2.75, 3.05) is 45.7 Å². The maximum absolute atomic E-state index is 5.02. The predicted molar refractivity (Wildman–Crippen MR) is 72.3 cm³/mol. The summed E-state index contributed by atoms with van der Waals surface area (Å²) in [6.07, 6.45) is 0. The molecule has 1 heterocycles. The van der Waals surface area contributed by atoms with Gasteiger partial charge in [-0.2, -0.15) is 0 Å². The fourth-order valence-corrected chi connectivity index (χ4v) is 1.83. The van der Waals surface area contributed by atoms with Gasteiger partial charge in [0.25, 0.3) is 0 Å². The van der Waals surface area contributed by atoms with Gasteiger partial charge in [0, 0.05) is 32.8 Å². The minimum Gasteiger partial charge on any atom is -0.383 e. The van der Waals surface area contributed by atoms with E-state index in [1.165, 1.54) is 0 Å². The first-order chi connectivity index (χ1) is 8.11. The maximum atomic E-state index is 5.02. The van der Waals surface area contributed by atoms with Crippen molar-refractivity contribution in [1.82, 2.24) is 14.9 Å². The first-order valence-corrected chi connectivity index (χ1v) is 6.33. The predicted octanol–water partition coefficient (Wildman–Crippen LogP) is 1.54. The van der Waals surface area contributed by atoms with Crippen molar-refractivity contribution in [3.05, 3.63) is 16.5 Å². The van der Waals surface area contributed by atoms with E-state index < -0.39 is 0 Å². The van der Waals surface area contributed by atoms with Crippen molar-refractivity contribution in [3.8, 4) is 0 Å². The highest BCUT2D eigenvalue weighted by molar-refractivity contribution is 9.10. The van der Waals surface area contributed by atoms with Crippen molar-refractivity contribution < 1.29 is 4.74 Å². The molecule has 5 nitrogen and oxygen atoms in total. The number of anilines is 1. The van der Waals surface area contributed by atoms with E-state index in [-0.39, 0.29) is 0 Å². The number of ether oxygens (including phenoxy) is 1. The molecule has 96 valence electrons. The van der Waals surface area contributed by atoms with Crippen LogP contribution in [0.4, 0.5) is 5.82 Å². The van der Waals surface area contributed by atoms with Gasteiger partial charge in [0.15, 0.2) is 0 Å². The molecule has 0 radical (unpaired) electrons. The van der Waals surface area contributed by atoms with Crippen molar-refractivity contribution in [2.45, 2.75) is 6.92 Å². The third-order valence-corrected chi connectivity index (χ3v) is 2.69. The van der Waals surface area contributed by atoms with Crippen LogP contribution in [0, 0.1) is 6.92 Å². The summed E-state index contributed by atoms with van der Waals surface area (Å²) in [7, 11) is 3.79. The largest absolute Gasteiger partial charge is 0.383 e. The molecule has 0 aliphatic heterocycles.